The van der Waals surface area contributed by atoms with Crippen molar-refractivity contribution < 1.29 is 18.1 Å². The maximum atomic E-state index is 12.3. The van der Waals surface area contributed by atoms with Crippen LogP contribution in [-0.4, -0.2) is 41.2 Å². The van der Waals surface area contributed by atoms with Gasteiger partial charge in [-0.1, -0.05) is 0 Å². The topological polar surface area (TPSA) is 125 Å². The molecule has 2 aromatic heterocycles. The third-order valence-corrected chi connectivity index (χ3v) is 4.39. The first kappa shape index (κ1) is 15.8. The van der Waals surface area contributed by atoms with E-state index < -0.39 is 25.5 Å². The summed E-state index contributed by atoms with van der Waals surface area (Å²) in [7, 11) is -2.67. The maximum Gasteiger partial charge on any atom is 0.306 e. The van der Waals surface area contributed by atoms with Gasteiger partial charge in [-0.05, 0) is 0 Å². The molecule has 0 amide bonds. The number of nitrogens with zero attached hydrogens (tertiary/aromatic N) is 4. The second-order valence-electron chi connectivity index (χ2n) is 4.20. The van der Waals surface area contributed by atoms with Crippen LogP contribution in [0.3, 0.4) is 0 Å². The molecule has 0 atom stereocenters. The molecule has 10 heteroatoms. The van der Waals surface area contributed by atoms with E-state index in [1.54, 1.807) is 0 Å². The fourth-order valence-electron chi connectivity index (χ4n) is 1.69. The zero-order valence-corrected chi connectivity index (χ0v) is 12.4. The van der Waals surface area contributed by atoms with Gasteiger partial charge in [0.15, 0.2) is 0 Å². The van der Waals surface area contributed by atoms with E-state index in [-0.39, 0.29) is 18.1 Å². The Morgan fingerprint density at radius 1 is 1.32 bits per heavy atom. The van der Waals surface area contributed by atoms with Crippen molar-refractivity contribution in [3.05, 3.63) is 46.5 Å². The maximum absolute atomic E-state index is 12.3. The molecule has 2 aromatic rings. The highest BCUT2D eigenvalue weighted by Crippen LogP contribution is 2.25. The third kappa shape index (κ3) is 3.52. The average Bonchev–Trinajstić information content (AvgIpc) is 2.53. The molecule has 0 aliphatic heterocycles. The van der Waals surface area contributed by atoms with Crippen LogP contribution in [0.15, 0.2) is 35.7 Å². The van der Waals surface area contributed by atoms with Crippen LogP contribution in [0.4, 0.5) is 5.69 Å². The van der Waals surface area contributed by atoms with Crippen molar-refractivity contribution in [2.45, 2.75) is 11.4 Å². The fourth-order valence-corrected chi connectivity index (χ4v) is 3.05. The standard InChI is InChI=1S/C12H12N4O5S/c1-21-11-3-2-10(16(17)18)12(15-11)22(19,20)7-4-9-8-13-5-6-14-9/h2-3,5-6,8H,4,7H2,1H3. The van der Waals surface area contributed by atoms with Crippen LogP contribution in [0.25, 0.3) is 0 Å². The van der Waals surface area contributed by atoms with Crippen molar-refractivity contribution in [2.24, 2.45) is 0 Å². The monoisotopic (exact) mass is 324 g/mol. The second-order valence-corrected chi connectivity index (χ2v) is 6.23. The number of hydrogen-bond donors (Lipinski definition) is 0. The zero-order chi connectivity index (χ0) is 16.2. The van der Waals surface area contributed by atoms with Crippen LogP contribution in [-0.2, 0) is 16.3 Å². The van der Waals surface area contributed by atoms with Crippen molar-refractivity contribution in [1.82, 2.24) is 15.0 Å². The summed E-state index contributed by atoms with van der Waals surface area (Å²) in [6.07, 6.45) is 4.41. The predicted molar refractivity (Wildman–Crippen MR) is 75.2 cm³/mol. The molecule has 0 bridgehead atoms. The molecule has 0 fully saturated rings. The molecular weight excluding hydrogens is 312 g/mol. The van der Waals surface area contributed by atoms with E-state index in [2.05, 4.69) is 15.0 Å². The van der Waals surface area contributed by atoms with E-state index >= 15 is 0 Å². The molecule has 0 saturated heterocycles. The van der Waals surface area contributed by atoms with Gasteiger partial charge in [0.25, 0.3) is 0 Å². The number of ether oxygens (including phenoxy) is 1. The second kappa shape index (κ2) is 6.43. The zero-order valence-electron chi connectivity index (χ0n) is 11.5. The molecule has 0 N–H and O–H groups in total. The number of methoxy groups -OCH3 is 1. The highest BCUT2D eigenvalue weighted by molar-refractivity contribution is 7.91. The average molecular weight is 324 g/mol. The van der Waals surface area contributed by atoms with Gasteiger partial charge in [-0.3, -0.25) is 20.1 Å². The van der Waals surface area contributed by atoms with Gasteiger partial charge in [0.05, 0.1) is 23.5 Å². The molecule has 2 rings (SSSR count). The van der Waals surface area contributed by atoms with E-state index in [1.807, 2.05) is 0 Å². The van der Waals surface area contributed by atoms with Gasteiger partial charge in [0, 0.05) is 37.1 Å². The van der Waals surface area contributed by atoms with E-state index in [0.29, 0.717) is 5.69 Å². The molecule has 116 valence electrons. The van der Waals surface area contributed by atoms with E-state index in [4.69, 9.17) is 4.74 Å². The summed E-state index contributed by atoms with van der Waals surface area (Å²) < 4.78 is 29.5. The lowest BCUT2D eigenvalue weighted by Crippen LogP contribution is -2.14. The Labute approximate surface area is 126 Å². The van der Waals surface area contributed by atoms with Crippen molar-refractivity contribution in [2.75, 3.05) is 12.9 Å². The number of aromatic nitrogens is 3. The largest absolute Gasteiger partial charge is 0.481 e. The highest BCUT2D eigenvalue weighted by atomic mass is 32.2. The van der Waals surface area contributed by atoms with Gasteiger partial charge < -0.3 is 4.74 Å². The molecule has 0 aromatic carbocycles. The Hall–Kier alpha value is -2.62. The molecule has 22 heavy (non-hydrogen) atoms. The predicted octanol–water partition coefficient (Wildman–Crippen LogP) is 0.805. The number of rotatable bonds is 6. The van der Waals surface area contributed by atoms with E-state index in [9.17, 15) is 18.5 Å². The minimum atomic E-state index is -3.97. The summed E-state index contributed by atoms with van der Waals surface area (Å²) in [6, 6.07) is 2.29. The highest BCUT2D eigenvalue weighted by Gasteiger charge is 2.28. The van der Waals surface area contributed by atoms with Gasteiger partial charge in [0.2, 0.25) is 20.7 Å². The Bertz CT molecular complexity index is 779. The van der Waals surface area contributed by atoms with Gasteiger partial charge in [-0.15, -0.1) is 0 Å². The molecule has 0 aliphatic carbocycles. The number of hydrogen-bond acceptors (Lipinski definition) is 8. The molecular formula is C12H12N4O5S. The van der Waals surface area contributed by atoms with Crippen molar-refractivity contribution >= 4 is 15.5 Å². The number of sulfone groups is 1. The smallest absolute Gasteiger partial charge is 0.306 e. The summed E-state index contributed by atoms with van der Waals surface area (Å²) in [5.74, 6) is -0.379. The van der Waals surface area contributed by atoms with Crippen LogP contribution in [0, 0.1) is 10.1 Å². The van der Waals surface area contributed by atoms with Crippen LogP contribution in [0.2, 0.25) is 0 Å². The Kier molecular flexibility index (Phi) is 4.61. The molecule has 0 saturated carbocycles. The first-order valence-corrected chi connectivity index (χ1v) is 7.76. The van der Waals surface area contributed by atoms with Gasteiger partial charge in [-0.25, -0.2) is 8.42 Å². The van der Waals surface area contributed by atoms with Gasteiger partial charge in [-0.2, -0.15) is 4.98 Å². The molecule has 0 spiro atoms. The molecule has 0 unspecified atom stereocenters. The van der Waals surface area contributed by atoms with Crippen molar-refractivity contribution in [3.63, 3.8) is 0 Å². The minimum absolute atomic E-state index is 0.0105. The lowest BCUT2D eigenvalue weighted by atomic mass is 10.4. The van der Waals surface area contributed by atoms with Gasteiger partial charge >= 0.3 is 5.69 Å². The Morgan fingerprint density at radius 2 is 2.09 bits per heavy atom. The van der Waals surface area contributed by atoms with E-state index in [0.717, 1.165) is 6.07 Å². The number of aryl methyl sites for hydroxylation is 1. The first-order chi connectivity index (χ1) is 10.4. The summed E-state index contributed by atoms with van der Waals surface area (Å²) in [6.45, 7) is 0. The van der Waals surface area contributed by atoms with Crippen LogP contribution < -0.4 is 4.74 Å². The lowest BCUT2D eigenvalue weighted by molar-refractivity contribution is -0.388. The minimum Gasteiger partial charge on any atom is -0.481 e. The normalized spacial score (nSPS) is 11.1. The van der Waals surface area contributed by atoms with Crippen molar-refractivity contribution in [3.8, 4) is 5.88 Å². The van der Waals surface area contributed by atoms with Crippen molar-refractivity contribution in [1.29, 1.82) is 0 Å². The summed E-state index contributed by atoms with van der Waals surface area (Å²) in [4.78, 5) is 21.7. The van der Waals surface area contributed by atoms with Crippen LogP contribution in [0.5, 0.6) is 5.88 Å². The summed E-state index contributed by atoms with van der Waals surface area (Å²) in [5, 5.41) is 10.4. The molecule has 0 aliphatic rings. The number of pyridine rings is 1. The SMILES string of the molecule is COc1ccc([N+](=O)[O-])c(S(=O)(=O)CCc2cnccn2)n1. The fraction of sp³-hybridized carbons (Fsp3) is 0.250. The van der Waals surface area contributed by atoms with E-state index in [1.165, 1.54) is 31.8 Å². The Balaban J connectivity index is 2.33. The quantitative estimate of drug-likeness (QED) is 0.564. The van der Waals surface area contributed by atoms with Crippen LogP contribution in [0.1, 0.15) is 5.69 Å². The molecule has 2 heterocycles. The molecule has 9 nitrogen and oxygen atoms in total. The first-order valence-electron chi connectivity index (χ1n) is 6.11. The van der Waals surface area contributed by atoms with Gasteiger partial charge in [0.1, 0.15) is 0 Å². The third-order valence-electron chi connectivity index (χ3n) is 2.76. The Morgan fingerprint density at radius 3 is 2.68 bits per heavy atom. The van der Waals surface area contributed by atoms with Crippen LogP contribution >= 0.6 is 0 Å². The lowest BCUT2D eigenvalue weighted by Gasteiger charge is -2.06. The summed E-state index contributed by atoms with van der Waals surface area (Å²) in [5.41, 5.74) is -0.114. The summed E-state index contributed by atoms with van der Waals surface area (Å²) >= 11 is 0. The number of nitro groups is 1. The molecule has 0 radical (unpaired) electrons.